The van der Waals surface area contributed by atoms with E-state index in [1.165, 1.54) is 0 Å². The monoisotopic (exact) mass is 418 g/mol. The van der Waals surface area contributed by atoms with Crippen LogP contribution in [0.1, 0.15) is 36.1 Å². The Balaban J connectivity index is 1.72. The van der Waals surface area contributed by atoms with E-state index in [1.54, 1.807) is 36.4 Å². The number of hydrogen-bond acceptors (Lipinski definition) is 3. The Labute approximate surface area is 176 Å². The largest absolute Gasteiger partial charge is 0.478 e. The smallest absolute Gasteiger partial charge is 0.335 e. The molecule has 1 aliphatic carbocycles. The van der Waals surface area contributed by atoms with Gasteiger partial charge < -0.3 is 5.11 Å². The zero-order valence-electron chi connectivity index (χ0n) is 16.8. The number of rotatable bonds is 5. The standard InChI is InChI=1S/C25H22O4S/c1-25(2,17-7-4-3-5-8-17)18-11-13-19(14-12-18)30(28,29)23-10-6-9-20-21(23)15-16-22(20)24(26)27/h3-14,16H,15H2,1-2H3,(H,26,27). The molecule has 5 heteroatoms. The average Bonchev–Trinajstić information content (AvgIpc) is 3.19. The molecule has 0 radical (unpaired) electrons. The highest BCUT2D eigenvalue weighted by molar-refractivity contribution is 7.91. The minimum Gasteiger partial charge on any atom is -0.478 e. The van der Waals surface area contributed by atoms with E-state index in [9.17, 15) is 18.3 Å². The maximum atomic E-state index is 13.3. The first-order valence-electron chi connectivity index (χ1n) is 9.70. The van der Waals surface area contributed by atoms with Gasteiger partial charge in [0.05, 0.1) is 15.4 Å². The molecule has 0 bridgehead atoms. The first-order valence-corrected chi connectivity index (χ1v) is 11.2. The predicted molar refractivity (Wildman–Crippen MR) is 116 cm³/mol. The summed E-state index contributed by atoms with van der Waals surface area (Å²) < 4.78 is 26.7. The molecule has 1 N–H and O–H groups in total. The topological polar surface area (TPSA) is 71.4 Å². The van der Waals surface area contributed by atoms with Crippen molar-refractivity contribution in [1.29, 1.82) is 0 Å². The lowest BCUT2D eigenvalue weighted by Crippen LogP contribution is -2.18. The minimum atomic E-state index is -3.77. The van der Waals surface area contributed by atoms with Crippen molar-refractivity contribution in [1.82, 2.24) is 0 Å². The fourth-order valence-electron chi connectivity index (χ4n) is 4.00. The van der Waals surface area contributed by atoms with Crippen LogP contribution in [0.5, 0.6) is 0 Å². The molecule has 0 spiro atoms. The summed E-state index contributed by atoms with van der Waals surface area (Å²) in [6, 6.07) is 21.9. The van der Waals surface area contributed by atoms with Crippen molar-refractivity contribution in [2.45, 2.75) is 35.5 Å². The van der Waals surface area contributed by atoms with Gasteiger partial charge >= 0.3 is 5.97 Å². The second-order valence-corrected chi connectivity index (χ2v) is 9.85. The van der Waals surface area contributed by atoms with Crippen molar-refractivity contribution >= 4 is 21.4 Å². The molecule has 152 valence electrons. The molecule has 4 nitrogen and oxygen atoms in total. The van der Waals surface area contributed by atoms with Gasteiger partial charge in [-0.3, -0.25) is 0 Å². The normalized spacial score (nSPS) is 13.6. The summed E-state index contributed by atoms with van der Waals surface area (Å²) in [5.74, 6) is -1.05. The lowest BCUT2D eigenvalue weighted by Gasteiger charge is -2.26. The van der Waals surface area contributed by atoms with Crippen LogP contribution in [0.4, 0.5) is 0 Å². The highest BCUT2D eigenvalue weighted by Gasteiger charge is 2.29. The molecule has 30 heavy (non-hydrogen) atoms. The molecule has 4 rings (SSSR count). The predicted octanol–water partition coefficient (Wildman–Crippen LogP) is 4.87. The maximum absolute atomic E-state index is 13.3. The SMILES string of the molecule is CC(C)(c1ccccc1)c1ccc(S(=O)(=O)c2cccc3c2CC=C3C(=O)O)cc1. The van der Waals surface area contributed by atoms with Crippen molar-refractivity contribution in [2.24, 2.45) is 0 Å². The molecule has 0 saturated heterocycles. The number of allylic oxidation sites excluding steroid dienone is 1. The number of hydrogen-bond donors (Lipinski definition) is 1. The van der Waals surface area contributed by atoms with E-state index < -0.39 is 15.8 Å². The Morgan fingerprint density at radius 2 is 1.50 bits per heavy atom. The van der Waals surface area contributed by atoms with Gasteiger partial charge in [0, 0.05) is 5.41 Å². The molecule has 0 heterocycles. The Bertz CT molecular complexity index is 1250. The lowest BCUT2D eigenvalue weighted by molar-refractivity contribution is -0.130. The van der Waals surface area contributed by atoms with Crippen LogP contribution in [0.3, 0.4) is 0 Å². The molecule has 0 aliphatic heterocycles. The quantitative estimate of drug-likeness (QED) is 0.642. The van der Waals surface area contributed by atoms with Gasteiger partial charge in [0.2, 0.25) is 9.84 Å². The number of fused-ring (bicyclic) bond motifs is 1. The van der Waals surface area contributed by atoms with Crippen molar-refractivity contribution in [2.75, 3.05) is 0 Å². The van der Waals surface area contributed by atoms with Crippen LogP contribution < -0.4 is 0 Å². The fraction of sp³-hybridized carbons (Fsp3) is 0.160. The molecule has 0 saturated carbocycles. The number of carboxylic acids is 1. The fourth-order valence-corrected chi connectivity index (χ4v) is 5.52. The van der Waals surface area contributed by atoms with Gasteiger partial charge in [-0.2, -0.15) is 0 Å². The van der Waals surface area contributed by atoms with E-state index >= 15 is 0 Å². The summed E-state index contributed by atoms with van der Waals surface area (Å²) in [5, 5.41) is 9.35. The summed E-state index contributed by atoms with van der Waals surface area (Å²) in [6.07, 6.45) is 1.86. The van der Waals surface area contributed by atoms with Crippen LogP contribution in [0, 0.1) is 0 Å². The molecule has 0 atom stereocenters. The summed E-state index contributed by atoms with van der Waals surface area (Å²) in [7, 11) is -3.77. The molecular weight excluding hydrogens is 396 g/mol. The first-order chi connectivity index (χ1) is 14.2. The van der Waals surface area contributed by atoms with Crippen molar-refractivity contribution in [3.8, 4) is 0 Å². The van der Waals surface area contributed by atoms with E-state index in [0.29, 0.717) is 17.5 Å². The molecule has 3 aromatic carbocycles. The molecule has 0 fully saturated rings. The van der Waals surface area contributed by atoms with Crippen LogP contribution in [-0.4, -0.2) is 19.5 Å². The molecule has 1 aliphatic rings. The first kappa shape index (κ1) is 20.1. The molecule has 0 amide bonds. The average molecular weight is 419 g/mol. The number of carboxylic acid groups (broad SMARTS) is 1. The number of aliphatic carboxylic acids is 1. The molecule has 0 aromatic heterocycles. The third-order valence-electron chi connectivity index (χ3n) is 5.84. The van der Waals surface area contributed by atoms with E-state index in [2.05, 4.69) is 26.0 Å². The van der Waals surface area contributed by atoms with Crippen LogP contribution in [0.2, 0.25) is 0 Å². The van der Waals surface area contributed by atoms with Crippen LogP contribution in [0.15, 0.2) is 88.7 Å². The summed E-state index contributed by atoms with van der Waals surface area (Å²) in [4.78, 5) is 11.8. The molecule has 3 aromatic rings. The minimum absolute atomic E-state index is 0.155. The second kappa shape index (κ2) is 7.26. The highest BCUT2D eigenvalue weighted by Crippen LogP contribution is 2.36. The second-order valence-electron chi connectivity index (χ2n) is 7.93. The Kier molecular flexibility index (Phi) is 4.86. The summed E-state index contributed by atoms with van der Waals surface area (Å²) in [5.41, 5.74) is 3.07. The zero-order chi connectivity index (χ0) is 21.5. The van der Waals surface area contributed by atoms with Crippen LogP contribution in [-0.2, 0) is 26.5 Å². The Morgan fingerprint density at radius 3 is 2.13 bits per heavy atom. The van der Waals surface area contributed by atoms with Gasteiger partial charge in [-0.25, -0.2) is 13.2 Å². The number of sulfone groups is 1. The van der Waals surface area contributed by atoms with Gasteiger partial charge in [-0.05, 0) is 46.9 Å². The third kappa shape index (κ3) is 3.25. The van der Waals surface area contributed by atoms with E-state index in [4.69, 9.17) is 0 Å². The molecular formula is C25H22O4S. The van der Waals surface area contributed by atoms with Gasteiger partial charge in [0.1, 0.15) is 0 Å². The van der Waals surface area contributed by atoms with Crippen LogP contribution >= 0.6 is 0 Å². The summed E-state index contributed by atoms with van der Waals surface area (Å²) >= 11 is 0. The summed E-state index contributed by atoms with van der Waals surface area (Å²) in [6.45, 7) is 4.21. The zero-order valence-corrected chi connectivity index (χ0v) is 17.6. The molecule has 0 unspecified atom stereocenters. The van der Waals surface area contributed by atoms with Gasteiger partial charge in [0.25, 0.3) is 0 Å². The van der Waals surface area contributed by atoms with Crippen LogP contribution in [0.25, 0.3) is 5.57 Å². The van der Waals surface area contributed by atoms with Gasteiger partial charge in [0.15, 0.2) is 0 Å². The highest BCUT2D eigenvalue weighted by atomic mass is 32.2. The lowest BCUT2D eigenvalue weighted by atomic mass is 9.78. The van der Waals surface area contributed by atoms with E-state index in [-0.39, 0.29) is 20.8 Å². The van der Waals surface area contributed by atoms with Crippen molar-refractivity contribution in [3.05, 3.63) is 101 Å². The van der Waals surface area contributed by atoms with Crippen molar-refractivity contribution < 1.29 is 18.3 Å². The number of benzene rings is 3. The van der Waals surface area contributed by atoms with Gasteiger partial charge in [-0.15, -0.1) is 0 Å². The number of carbonyl (C=O) groups is 1. The Morgan fingerprint density at radius 1 is 0.867 bits per heavy atom. The Hall–Kier alpha value is -3.18. The van der Waals surface area contributed by atoms with Gasteiger partial charge in [-0.1, -0.05) is 74.5 Å². The maximum Gasteiger partial charge on any atom is 0.335 e. The van der Waals surface area contributed by atoms with E-state index in [0.717, 1.165) is 11.1 Å². The van der Waals surface area contributed by atoms with E-state index in [1.807, 2.05) is 30.3 Å². The third-order valence-corrected chi connectivity index (χ3v) is 7.69. The van der Waals surface area contributed by atoms with Crippen molar-refractivity contribution in [3.63, 3.8) is 0 Å².